The predicted octanol–water partition coefficient (Wildman–Crippen LogP) is 2.64. The van der Waals surface area contributed by atoms with Crippen LogP contribution >= 0.6 is 0 Å². The standard InChI is InChI=1S/C22H30N4O3/c1-26-19-14-16(29-13-3-2-4-15-9-11-23-12-10-15)5-6-17(19)21(25-26)18-7-8-20(27)24-22(18)28/h5-6,14-15,18,23H,2-4,7-13H2,1H3,(H,24,27,28). The first kappa shape index (κ1) is 19.9. The molecule has 2 aliphatic heterocycles. The van der Waals surface area contributed by atoms with E-state index in [2.05, 4.69) is 15.7 Å². The van der Waals surface area contributed by atoms with Crippen molar-refractivity contribution in [1.29, 1.82) is 0 Å². The maximum atomic E-state index is 12.2. The molecule has 2 saturated heterocycles. The second-order valence-corrected chi connectivity index (χ2v) is 8.23. The summed E-state index contributed by atoms with van der Waals surface area (Å²) >= 11 is 0. The molecule has 29 heavy (non-hydrogen) atoms. The highest BCUT2D eigenvalue weighted by atomic mass is 16.5. The summed E-state index contributed by atoms with van der Waals surface area (Å²) in [4.78, 5) is 23.7. The molecule has 156 valence electrons. The highest BCUT2D eigenvalue weighted by Crippen LogP contribution is 2.32. The van der Waals surface area contributed by atoms with Crippen molar-refractivity contribution in [2.45, 2.75) is 50.9 Å². The van der Waals surface area contributed by atoms with Gasteiger partial charge in [0.25, 0.3) is 0 Å². The van der Waals surface area contributed by atoms with Gasteiger partial charge in [-0.05, 0) is 63.2 Å². The Morgan fingerprint density at radius 1 is 1.17 bits per heavy atom. The number of aromatic nitrogens is 2. The average Bonchev–Trinajstić information content (AvgIpc) is 3.04. The van der Waals surface area contributed by atoms with E-state index < -0.39 is 0 Å². The largest absolute Gasteiger partial charge is 0.494 e. The lowest BCUT2D eigenvalue weighted by molar-refractivity contribution is -0.134. The van der Waals surface area contributed by atoms with Crippen molar-refractivity contribution in [3.8, 4) is 5.75 Å². The number of nitrogens with zero attached hydrogens (tertiary/aromatic N) is 2. The van der Waals surface area contributed by atoms with Gasteiger partial charge in [0, 0.05) is 24.9 Å². The molecule has 3 heterocycles. The van der Waals surface area contributed by atoms with Crippen LogP contribution in [-0.4, -0.2) is 41.3 Å². The average molecular weight is 399 g/mol. The molecule has 0 radical (unpaired) electrons. The Balaban J connectivity index is 1.35. The molecule has 0 spiro atoms. The maximum Gasteiger partial charge on any atom is 0.235 e. The topological polar surface area (TPSA) is 85.2 Å². The van der Waals surface area contributed by atoms with Crippen LogP contribution in [0, 0.1) is 5.92 Å². The van der Waals surface area contributed by atoms with E-state index in [4.69, 9.17) is 4.74 Å². The highest BCUT2D eigenvalue weighted by Gasteiger charge is 2.31. The number of carbonyl (C=O) groups is 2. The number of amides is 2. The van der Waals surface area contributed by atoms with Gasteiger partial charge in [-0.1, -0.05) is 6.42 Å². The van der Waals surface area contributed by atoms with Crippen LogP contribution in [0.4, 0.5) is 0 Å². The molecule has 0 saturated carbocycles. The summed E-state index contributed by atoms with van der Waals surface area (Å²) in [6.45, 7) is 3.04. The van der Waals surface area contributed by atoms with Crippen molar-refractivity contribution >= 4 is 22.7 Å². The van der Waals surface area contributed by atoms with E-state index in [0.717, 1.165) is 47.8 Å². The first-order chi connectivity index (χ1) is 14.1. The fourth-order valence-corrected chi connectivity index (χ4v) is 4.46. The molecule has 1 unspecified atom stereocenters. The Labute approximate surface area is 171 Å². The van der Waals surface area contributed by atoms with Crippen LogP contribution in [-0.2, 0) is 16.6 Å². The lowest BCUT2D eigenvalue weighted by Crippen LogP contribution is -2.39. The van der Waals surface area contributed by atoms with Crippen LogP contribution in [0.1, 0.15) is 56.6 Å². The molecule has 2 aliphatic rings. The fourth-order valence-electron chi connectivity index (χ4n) is 4.46. The summed E-state index contributed by atoms with van der Waals surface area (Å²) in [5.74, 6) is 0.862. The van der Waals surface area contributed by atoms with Crippen LogP contribution in [0.2, 0.25) is 0 Å². The Hall–Kier alpha value is -2.41. The molecule has 0 aliphatic carbocycles. The van der Waals surface area contributed by atoms with E-state index in [1.807, 2.05) is 25.2 Å². The van der Waals surface area contributed by atoms with Gasteiger partial charge in [0.05, 0.1) is 23.7 Å². The molecular weight excluding hydrogens is 368 g/mol. The van der Waals surface area contributed by atoms with Crippen molar-refractivity contribution in [2.24, 2.45) is 13.0 Å². The molecule has 2 N–H and O–H groups in total. The van der Waals surface area contributed by atoms with Gasteiger partial charge in [-0.2, -0.15) is 5.10 Å². The second kappa shape index (κ2) is 8.95. The molecular formula is C22H30N4O3. The van der Waals surface area contributed by atoms with Gasteiger partial charge >= 0.3 is 0 Å². The molecule has 2 aromatic rings. The smallest absolute Gasteiger partial charge is 0.235 e. The third-order valence-electron chi connectivity index (χ3n) is 6.15. The number of piperidine rings is 2. The third-order valence-corrected chi connectivity index (χ3v) is 6.15. The van der Waals surface area contributed by atoms with E-state index >= 15 is 0 Å². The van der Waals surface area contributed by atoms with Crippen molar-refractivity contribution in [3.05, 3.63) is 23.9 Å². The van der Waals surface area contributed by atoms with Crippen LogP contribution in [0.5, 0.6) is 5.75 Å². The summed E-state index contributed by atoms with van der Waals surface area (Å²) in [7, 11) is 1.88. The summed E-state index contributed by atoms with van der Waals surface area (Å²) < 4.78 is 7.76. The predicted molar refractivity (Wildman–Crippen MR) is 111 cm³/mol. The van der Waals surface area contributed by atoms with Crippen LogP contribution in [0.15, 0.2) is 18.2 Å². The molecule has 2 fully saturated rings. The highest BCUT2D eigenvalue weighted by molar-refractivity contribution is 6.02. The summed E-state index contributed by atoms with van der Waals surface area (Å²) in [5.41, 5.74) is 1.68. The second-order valence-electron chi connectivity index (χ2n) is 8.23. The number of unbranched alkanes of at least 4 members (excludes halogenated alkanes) is 1. The number of benzene rings is 1. The minimum absolute atomic E-state index is 0.206. The minimum atomic E-state index is -0.377. The number of aryl methyl sites for hydroxylation is 1. The first-order valence-electron chi connectivity index (χ1n) is 10.8. The van der Waals surface area contributed by atoms with E-state index in [-0.39, 0.29) is 17.7 Å². The third kappa shape index (κ3) is 4.61. The molecule has 7 heteroatoms. The molecule has 1 aromatic heterocycles. The number of rotatable bonds is 7. The summed E-state index contributed by atoms with van der Waals surface area (Å²) in [6, 6.07) is 5.92. The van der Waals surface area contributed by atoms with Gasteiger partial charge in [-0.25, -0.2) is 0 Å². The number of carbonyl (C=O) groups excluding carboxylic acids is 2. The van der Waals surface area contributed by atoms with Gasteiger partial charge in [0.15, 0.2) is 0 Å². The molecule has 1 atom stereocenters. The van der Waals surface area contributed by atoms with E-state index in [1.165, 1.54) is 25.7 Å². The van der Waals surface area contributed by atoms with Crippen molar-refractivity contribution < 1.29 is 14.3 Å². The van der Waals surface area contributed by atoms with E-state index in [9.17, 15) is 9.59 Å². The zero-order valence-corrected chi connectivity index (χ0v) is 17.1. The molecule has 2 amide bonds. The number of imide groups is 1. The zero-order valence-electron chi connectivity index (χ0n) is 17.1. The monoisotopic (exact) mass is 398 g/mol. The first-order valence-corrected chi connectivity index (χ1v) is 10.8. The van der Waals surface area contributed by atoms with Gasteiger partial charge in [0.2, 0.25) is 11.8 Å². The Kier molecular flexibility index (Phi) is 6.13. The van der Waals surface area contributed by atoms with E-state index in [1.54, 1.807) is 4.68 Å². The minimum Gasteiger partial charge on any atom is -0.494 e. The molecule has 4 rings (SSSR count). The molecule has 1 aromatic carbocycles. The van der Waals surface area contributed by atoms with Gasteiger partial charge in [-0.15, -0.1) is 0 Å². The van der Waals surface area contributed by atoms with Gasteiger partial charge in [0.1, 0.15) is 5.75 Å². The zero-order chi connectivity index (χ0) is 20.2. The normalized spacial score (nSPS) is 20.8. The summed E-state index contributed by atoms with van der Waals surface area (Å²) in [5, 5.41) is 11.4. The fraction of sp³-hybridized carbons (Fsp3) is 0.591. The molecule has 0 bridgehead atoms. The number of hydrogen-bond acceptors (Lipinski definition) is 5. The van der Waals surface area contributed by atoms with Gasteiger partial charge in [-0.3, -0.25) is 19.6 Å². The number of nitrogens with one attached hydrogen (secondary N) is 2. The number of hydrogen-bond donors (Lipinski definition) is 2. The Bertz CT molecular complexity index is 886. The number of ether oxygens (including phenoxy) is 1. The van der Waals surface area contributed by atoms with Crippen LogP contribution < -0.4 is 15.4 Å². The van der Waals surface area contributed by atoms with Crippen molar-refractivity contribution in [3.63, 3.8) is 0 Å². The summed E-state index contributed by atoms with van der Waals surface area (Å²) in [6.07, 6.45) is 7.02. The Morgan fingerprint density at radius 3 is 2.79 bits per heavy atom. The lowest BCUT2D eigenvalue weighted by Gasteiger charge is -2.22. The van der Waals surface area contributed by atoms with Crippen molar-refractivity contribution in [2.75, 3.05) is 19.7 Å². The van der Waals surface area contributed by atoms with E-state index in [0.29, 0.717) is 19.4 Å². The number of fused-ring (bicyclic) bond motifs is 1. The SMILES string of the molecule is Cn1nc(C2CCC(=O)NC2=O)c2ccc(OCCCCC3CCNCC3)cc21. The maximum absolute atomic E-state index is 12.2. The molecule has 7 nitrogen and oxygen atoms in total. The quantitative estimate of drug-likeness (QED) is 0.553. The van der Waals surface area contributed by atoms with Crippen molar-refractivity contribution in [1.82, 2.24) is 20.4 Å². The van der Waals surface area contributed by atoms with Crippen LogP contribution in [0.3, 0.4) is 0 Å². The Morgan fingerprint density at radius 2 is 2.00 bits per heavy atom. The van der Waals surface area contributed by atoms with Crippen LogP contribution in [0.25, 0.3) is 10.9 Å². The van der Waals surface area contributed by atoms with Gasteiger partial charge < -0.3 is 10.1 Å². The lowest BCUT2D eigenvalue weighted by atomic mass is 9.92.